The molecule has 1 aliphatic carbocycles. The normalized spacial score (nSPS) is 12.7. The number of hydrogen-bond acceptors (Lipinski definition) is 5. The fourth-order valence-electron chi connectivity index (χ4n) is 3.25. The summed E-state index contributed by atoms with van der Waals surface area (Å²) in [5.74, 6) is -2.76. The summed E-state index contributed by atoms with van der Waals surface area (Å²) in [7, 11) is 2.10. The number of pyridine rings is 1. The van der Waals surface area contributed by atoms with Gasteiger partial charge in [0, 0.05) is 29.1 Å². The molecule has 7 nitrogen and oxygen atoms in total. The highest BCUT2D eigenvalue weighted by Crippen LogP contribution is 2.29. The van der Waals surface area contributed by atoms with Crippen molar-refractivity contribution in [2.75, 3.05) is 11.9 Å². The Morgan fingerprint density at radius 3 is 2.71 bits per heavy atom. The third-order valence-electron chi connectivity index (χ3n) is 4.63. The van der Waals surface area contributed by atoms with E-state index in [0.717, 1.165) is 35.2 Å². The molecular weight excluding hydrogens is 479 g/mol. The van der Waals surface area contributed by atoms with Crippen LogP contribution < -0.4 is 4.90 Å². The van der Waals surface area contributed by atoms with Crippen LogP contribution in [-0.2, 0) is 24.2 Å². The summed E-state index contributed by atoms with van der Waals surface area (Å²) in [6.07, 6.45) is 2.23. The monoisotopic (exact) mass is 497 g/mol. The lowest BCUT2D eigenvalue weighted by Crippen LogP contribution is -2.21. The summed E-state index contributed by atoms with van der Waals surface area (Å²) in [6, 6.07) is 10.1. The fraction of sp³-hybridized carbons (Fsp3) is 0.300. The lowest BCUT2D eigenvalue weighted by atomic mass is 10.1. The second-order valence-corrected chi connectivity index (χ2v) is 7.82. The van der Waals surface area contributed by atoms with Crippen LogP contribution in [0.5, 0.6) is 0 Å². The standard InChI is InChI=1S/C18H18BrN5.C2HF3O2/c1-23(18-8-9-20-17-7-3-6-16(17)18)11-14-12-24(22-21-14)15-5-2-4-13(19)10-15;3-2(4,5)1(6)7/h2,4-5,8-10,12H,3,6-7,11H2,1H3;(H,6,7). The van der Waals surface area contributed by atoms with Crippen LogP contribution in [0.4, 0.5) is 18.9 Å². The number of carboxylic acids is 1. The fourth-order valence-corrected chi connectivity index (χ4v) is 3.63. The number of hydrogen-bond donors (Lipinski definition) is 1. The molecule has 1 N–H and O–H groups in total. The van der Waals surface area contributed by atoms with E-state index in [0.29, 0.717) is 0 Å². The number of anilines is 1. The van der Waals surface area contributed by atoms with Crippen LogP contribution in [0.15, 0.2) is 47.2 Å². The van der Waals surface area contributed by atoms with E-state index in [1.54, 1.807) is 0 Å². The van der Waals surface area contributed by atoms with Gasteiger partial charge >= 0.3 is 12.1 Å². The molecule has 0 atom stereocenters. The minimum absolute atomic E-state index is 0.727. The van der Waals surface area contributed by atoms with Crippen LogP contribution >= 0.6 is 15.9 Å². The summed E-state index contributed by atoms with van der Waals surface area (Å²) in [5.41, 5.74) is 5.84. The van der Waals surface area contributed by atoms with Crippen LogP contribution in [0.25, 0.3) is 5.69 Å². The average Bonchev–Trinajstić information content (AvgIpc) is 3.36. The Hall–Kier alpha value is -2.95. The number of alkyl halides is 3. The molecule has 1 aromatic carbocycles. The SMILES string of the molecule is CN(Cc1cn(-c2cccc(Br)c2)nn1)c1ccnc2c1CCC2.O=C(O)C(F)(F)F. The molecule has 0 fully saturated rings. The lowest BCUT2D eigenvalue weighted by Gasteiger charge is -2.20. The number of nitrogens with zero attached hydrogens (tertiary/aromatic N) is 5. The van der Waals surface area contributed by atoms with Crippen molar-refractivity contribution in [1.82, 2.24) is 20.0 Å². The topological polar surface area (TPSA) is 84.1 Å². The molecule has 31 heavy (non-hydrogen) atoms. The van der Waals surface area contributed by atoms with E-state index in [1.165, 1.54) is 23.4 Å². The first-order chi connectivity index (χ1) is 14.6. The number of aryl methyl sites for hydroxylation is 1. The number of fused-ring (bicyclic) bond motifs is 1. The maximum Gasteiger partial charge on any atom is 0.490 e. The molecule has 3 aromatic rings. The molecule has 2 heterocycles. The van der Waals surface area contributed by atoms with Gasteiger partial charge in [0.25, 0.3) is 0 Å². The van der Waals surface area contributed by atoms with Crippen LogP contribution in [0, 0.1) is 0 Å². The number of benzene rings is 1. The third kappa shape index (κ3) is 5.81. The summed E-state index contributed by atoms with van der Waals surface area (Å²) in [5, 5.41) is 15.7. The summed E-state index contributed by atoms with van der Waals surface area (Å²) in [4.78, 5) is 15.6. The van der Waals surface area contributed by atoms with Crippen LogP contribution in [0.3, 0.4) is 0 Å². The van der Waals surface area contributed by atoms with Crippen molar-refractivity contribution in [2.24, 2.45) is 0 Å². The second kappa shape index (κ2) is 9.46. The highest BCUT2D eigenvalue weighted by Gasteiger charge is 2.38. The molecule has 2 aromatic heterocycles. The average molecular weight is 498 g/mol. The maximum atomic E-state index is 10.6. The largest absolute Gasteiger partial charge is 0.490 e. The molecule has 1 aliphatic rings. The predicted octanol–water partition coefficient (Wildman–Crippen LogP) is 4.18. The first kappa shape index (κ1) is 22.7. The quantitative estimate of drug-likeness (QED) is 0.581. The summed E-state index contributed by atoms with van der Waals surface area (Å²) < 4.78 is 34.6. The third-order valence-corrected chi connectivity index (χ3v) is 5.12. The molecule has 11 heteroatoms. The smallest absolute Gasteiger partial charge is 0.475 e. The number of rotatable bonds is 4. The molecule has 4 rings (SSSR count). The van der Waals surface area contributed by atoms with Gasteiger partial charge < -0.3 is 10.0 Å². The number of carbonyl (C=O) groups is 1. The number of halogens is 4. The molecule has 0 bridgehead atoms. The van der Waals surface area contributed by atoms with Crippen molar-refractivity contribution in [3.63, 3.8) is 0 Å². The number of aliphatic carboxylic acids is 1. The Morgan fingerprint density at radius 1 is 1.29 bits per heavy atom. The van der Waals surface area contributed by atoms with E-state index in [9.17, 15) is 13.2 Å². The molecule has 0 saturated carbocycles. The molecule has 0 saturated heterocycles. The van der Waals surface area contributed by atoms with Gasteiger partial charge in [0.2, 0.25) is 0 Å². The minimum atomic E-state index is -5.08. The Balaban J connectivity index is 0.000000339. The molecule has 0 spiro atoms. The van der Waals surface area contributed by atoms with Gasteiger partial charge in [-0.25, -0.2) is 9.48 Å². The highest BCUT2D eigenvalue weighted by atomic mass is 79.9. The first-order valence-electron chi connectivity index (χ1n) is 9.30. The Bertz CT molecular complexity index is 1070. The number of carboxylic acid groups (broad SMARTS) is 1. The van der Waals surface area contributed by atoms with Crippen molar-refractivity contribution in [3.8, 4) is 5.69 Å². The van der Waals surface area contributed by atoms with E-state index < -0.39 is 12.1 Å². The van der Waals surface area contributed by atoms with Gasteiger partial charge in [0.05, 0.1) is 18.4 Å². The van der Waals surface area contributed by atoms with Gasteiger partial charge in [-0.1, -0.05) is 27.2 Å². The highest BCUT2D eigenvalue weighted by molar-refractivity contribution is 9.10. The van der Waals surface area contributed by atoms with Gasteiger partial charge in [-0.3, -0.25) is 4.98 Å². The molecule has 164 valence electrons. The number of aromatic nitrogens is 4. The van der Waals surface area contributed by atoms with Crippen molar-refractivity contribution in [1.29, 1.82) is 0 Å². The van der Waals surface area contributed by atoms with E-state index in [2.05, 4.69) is 49.2 Å². The molecular formula is C20H19BrF3N5O2. The van der Waals surface area contributed by atoms with Crippen LogP contribution in [0.1, 0.15) is 23.4 Å². The van der Waals surface area contributed by atoms with Crippen molar-refractivity contribution >= 4 is 27.6 Å². The molecule has 0 amide bonds. The molecule has 0 unspecified atom stereocenters. The summed E-state index contributed by atoms with van der Waals surface area (Å²) >= 11 is 3.49. The lowest BCUT2D eigenvalue weighted by molar-refractivity contribution is -0.192. The Labute approximate surface area is 184 Å². The van der Waals surface area contributed by atoms with E-state index >= 15 is 0 Å². The van der Waals surface area contributed by atoms with Crippen molar-refractivity contribution in [2.45, 2.75) is 32.0 Å². The second-order valence-electron chi connectivity index (χ2n) is 6.90. The van der Waals surface area contributed by atoms with Gasteiger partial charge in [-0.15, -0.1) is 5.10 Å². The zero-order chi connectivity index (χ0) is 22.6. The zero-order valence-electron chi connectivity index (χ0n) is 16.5. The van der Waals surface area contributed by atoms with E-state index in [-0.39, 0.29) is 0 Å². The van der Waals surface area contributed by atoms with E-state index in [1.807, 2.05) is 41.3 Å². The Morgan fingerprint density at radius 2 is 2.03 bits per heavy atom. The van der Waals surface area contributed by atoms with Gasteiger partial charge in [0.15, 0.2) is 0 Å². The zero-order valence-corrected chi connectivity index (χ0v) is 18.1. The van der Waals surface area contributed by atoms with E-state index in [4.69, 9.17) is 9.90 Å². The van der Waals surface area contributed by atoms with Gasteiger partial charge in [-0.05, 0) is 49.1 Å². The first-order valence-corrected chi connectivity index (χ1v) is 10.1. The van der Waals surface area contributed by atoms with Crippen molar-refractivity contribution < 1.29 is 23.1 Å². The van der Waals surface area contributed by atoms with Gasteiger partial charge in [-0.2, -0.15) is 13.2 Å². The molecule has 0 aliphatic heterocycles. The van der Waals surface area contributed by atoms with Crippen molar-refractivity contribution in [3.05, 3.63) is 64.1 Å². The maximum absolute atomic E-state index is 10.6. The predicted molar refractivity (Wildman–Crippen MR) is 111 cm³/mol. The van der Waals surface area contributed by atoms with Crippen LogP contribution in [-0.4, -0.2) is 44.3 Å². The summed E-state index contributed by atoms with van der Waals surface area (Å²) in [6.45, 7) is 0.727. The minimum Gasteiger partial charge on any atom is -0.475 e. The van der Waals surface area contributed by atoms with Gasteiger partial charge in [0.1, 0.15) is 5.69 Å². The Kier molecular flexibility index (Phi) is 6.94. The van der Waals surface area contributed by atoms with Crippen LogP contribution in [0.2, 0.25) is 0 Å². The molecule has 0 radical (unpaired) electrons.